The fourth-order valence-corrected chi connectivity index (χ4v) is 1.65. The van der Waals surface area contributed by atoms with Crippen LogP contribution in [0.3, 0.4) is 0 Å². The highest BCUT2D eigenvalue weighted by Crippen LogP contribution is 2.19. The van der Waals surface area contributed by atoms with Gasteiger partial charge in [0.05, 0.1) is 0 Å². The van der Waals surface area contributed by atoms with Crippen molar-refractivity contribution in [3.63, 3.8) is 0 Å². The van der Waals surface area contributed by atoms with Crippen LogP contribution in [-0.4, -0.2) is 9.38 Å². The Bertz CT molecular complexity index is 512. The van der Waals surface area contributed by atoms with Gasteiger partial charge in [-0.1, -0.05) is 11.6 Å². The summed E-state index contributed by atoms with van der Waals surface area (Å²) in [7, 11) is 0. The summed E-state index contributed by atoms with van der Waals surface area (Å²) in [6.45, 7) is 0. The molecule has 0 saturated carbocycles. The SMILES string of the molecule is N#Cc1c(Cl)nc2ccc(Br)cn12. The number of aromatic nitrogens is 2. The van der Waals surface area contributed by atoms with Gasteiger partial charge in [0, 0.05) is 10.7 Å². The van der Waals surface area contributed by atoms with Crippen LogP contribution in [0.1, 0.15) is 5.69 Å². The van der Waals surface area contributed by atoms with Gasteiger partial charge in [-0.15, -0.1) is 0 Å². The van der Waals surface area contributed by atoms with E-state index in [1.165, 1.54) is 0 Å². The van der Waals surface area contributed by atoms with Gasteiger partial charge < -0.3 is 0 Å². The molecule has 0 bridgehead atoms. The van der Waals surface area contributed by atoms with Gasteiger partial charge in [-0.3, -0.25) is 4.40 Å². The molecule has 2 heterocycles. The Hall–Kier alpha value is -1.05. The number of hydrogen-bond acceptors (Lipinski definition) is 2. The van der Waals surface area contributed by atoms with Crippen molar-refractivity contribution in [3.05, 3.63) is 33.6 Å². The van der Waals surface area contributed by atoms with Gasteiger partial charge >= 0.3 is 0 Å². The molecule has 0 fully saturated rings. The lowest BCUT2D eigenvalue weighted by Crippen LogP contribution is -1.87. The Labute approximate surface area is 87.7 Å². The van der Waals surface area contributed by atoms with Crippen LogP contribution in [-0.2, 0) is 0 Å². The van der Waals surface area contributed by atoms with Crippen molar-refractivity contribution in [1.29, 1.82) is 5.26 Å². The van der Waals surface area contributed by atoms with Crippen molar-refractivity contribution < 1.29 is 0 Å². The Morgan fingerprint density at radius 3 is 3.00 bits per heavy atom. The third kappa shape index (κ3) is 1.30. The number of rotatable bonds is 0. The van der Waals surface area contributed by atoms with Crippen molar-refractivity contribution in [3.8, 4) is 6.07 Å². The van der Waals surface area contributed by atoms with E-state index in [1.807, 2.05) is 12.1 Å². The van der Waals surface area contributed by atoms with Crippen molar-refractivity contribution in [2.75, 3.05) is 0 Å². The quantitative estimate of drug-likeness (QED) is 0.727. The van der Waals surface area contributed by atoms with E-state index in [2.05, 4.69) is 20.9 Å². The predicted molar refractivity (Wildman–Crippen MR) is 52.6 cm³/mol. The number of nitriles is 1. The van der Waals surface area contributed by atoms with E-state index >= 15 is 0 Å². The third-order valence-corrected chi connectivity index (χ3v) is 2.38. The maximum atomic E-state index is 8.79. The van der Waals surface area contributed by atoms with Gasteiger partial charge in [0.15, 0.2) is 10.8 Å². The molecule has 0 aromatic carbocycles. The van der Waals surface area contributed by atoms with Crippen LogP contribution >= 0.6 is 27.5 Å². The summed E-state index contributed by atoms with van der Waals surface area (Å²) in [6, 6.07) is 5.63. The summed E-state index contributed by atoms with van der Waals surface area (Å²) in [5.74, 6) is 0. The molecule has 2 aromatic rings. The van der Waals surface area contributed by atoms with Crippen molar-refractivity contribution >= 4 is 33.2 Å². The second-order valence-corrected chi connectivity index (χ2v) is 3.71. The monoisotopic (exact) mass is 255 g/mol. The van der Waals surface area contributed by atoms with E-state index in [1.54, 1.807) is 16.7 Å². The standard InChI is InChI=1S/C8H3BrClN3/c9-5-1-2-7-12-8(10)6(3-11)13(7)4-5/h1-2,4H. The van der Waals surface area contributed by atoms with Crippen LogP contribution < -0.4 is 0 Å². The molecule has 3 nitrogen and oxygen atoms in total. The van der Waals surface area contributed by atoms with Gasteiger partial charge in [0.1, 0.15) is 11.7 Å². The molecule has 0 amide bonds. The average molecular weight is 256 g/mol. The second kappa shape index (κ2) is 3.02. The summed E-state index contributed by atoms with van der Waals surface area (Å²) < 4.78 is 2.53. The largest absolute Gasteiger partial charge is 0.289 e. The van der Waals surface area contributed by atoms with Crippen molar-refractivity contribution in [2.24, 2.45) is 0 Å². The topological polar surface area (TPSA) is 41.1 Å². The molecular weight excluding hydrogens is 253 g/mol. The average Bonchev–Trinajstić information content (AvgIpc) is 2.40. The Balaban J connectivity index is 2.91. The summed E-state index contributed by atoms with van der Waals surface area (Å²) in [6.07, 6.45) is 1.76. The molecule has 0 aliphatic rings. The van der Waals surface area contributed by atoms with E-state index in [0.29, 0.717) is 11.3 Å². The summed E-state index contributed by atoms with van der Waals surface area (Å²) in [5, 5.41) is 9.02. The highest BCUT2D eigenvalue weighted by molar-refractivity contribution is 9.10. The maximum absolute atomic E-state index is 8.79. The van der Waals surface area contributed by atoms with Crippen molar-refractivity contribution in [1.82, 2.24) is 9.38 Å². The number of pyridine rings is 1. The fraction of sp³-hybridized carbons (Fsp3) is 0. The smallest absolute Gasteiger partial charge is 0.166 e. The molecule has 0 spiro atoms. The normalized spacial score (nSPS) is 10.2. The molecule has 0 radical (unpaired) electrons. The molecular formula is C8H3BrClN3. The third-order valence-electron chi connectivity index (χ3n) is 1.65. The lowest BCUT2D eigenvalue weighted by Gasteiger charge is -1.94. The molecule has 0 N–H and O–H groups in total. The molecule has 13 heavy (non-hydrogen) atoms. The lowest BCUT2D eigenvalue weighted by molar-refractivity contribution is 1.14. The molecule has 5 heteroatoms. The maximum Gasteiger partial charge on any atom is 0.166 e. The highest BCUT2D eigenvalue weighted by Gasteiger charge is 2.08. The molecule has 0 aliphatic carbocycles. The zero-order valence-electron chi connectivity index (χ0n) is 6.33. The number of imidazole rings is 1. The van der Waals surface area contributed by atoms with Gasteiger partial charge in [0.25, 0.3) is 0 Å². The number of fused-ring (bicyclic) bond motifs is 1. The van der Waals surface area contributed by atoms with E-state index in [4.69, 9.17) is 16.9 Å². The first-order valence-electron chi connectivity index (χ1n) is 3.45. The molecule has 64 valence electrons. The zero-order valence-corrected chi connectivity index (χ0v) is 8.67. The number of hydrogen-bond donors (Lipinski definition) is 0. The van der Waals surface area contributed by atoms with E-state index in [0.717, 1.165) is 4.47 Å². The van der Waals surface area contributed by atoms with E-state index in [-0.39, 0.29) is 5.15 Å². The fourth-order valence-electron chi connectivity index (χ4n) is 1.09. The first-order chi connectivity index (χ1) is 6.22. The van der Waals surface area contributed by atoms with Crippen LogP contribution in [0, 0.1) is 11.3 Å². The van der Waals surface area contributed by atoms with Crippen LogP contribution in [0.5, 0.6) is 0 Å². The summed E-state index contributed by atoms with van der Waals surface area (Å²) in [4.78, 5) is 4.01. The first-order valence-corrected chi connectivity index (χ1v) is 4.62. The minimum atomic E-state index is 0.237. The Morgan fingerprint density at radius 2 is 2.31 bits per heavy atom. The van der Waals surface area contributed by atoms with Crippen LogP contribution in [0.15, 0.2) is 22.8 Å². The zero-order chi connectivity index (χ0) is 9.42. The predicted octanol–water partition coefficient (Wildman–Crippen LogP) is 2.62. The molecule has 2 aromatic heterocycles. The van der Waals surface area contributed by atoms with Gasteiger partial charge in [-0.2, -0.15) is 5.26 Å². The first kappa shape index (κ1) is 8.54. The minimum absolute atomic E-state index is 0.237. The van der Waals surface area contributed by atoms with E-state index < -0.39 is 0 Å². The number of nitrogens with zero attached hydrogens (tertiary/aromatic N) is 3. The molecule has 0 unspecified atom stereocenters. The van der Waals surface area contributed by atoms with E-state index in [9.17, 15) is 0 Å². The summed E-state index contributed by atoms with van der Waals surface area (Å²) >= 11 is 9.05. The Kier molecular flexibility index (Phi) is 1.98. The highest BCUT2D eigenvalue weighted by atomic mass is 79.9. The minimum Gasteiger partial charge on any atom is -0.289 e. The van der Waals surface area contributed by atoms with Gasteiger partial charge in [0.2, 0.25) is 0 Å². The Morgan fingerprint density at radius 1 is 1.54 bits per heavy atom. The number of halogens is 2. The van der Waals surface area contributed by atoms with Crippen molar-refractivity contribution in [2.45, 2.75) is 0 Å². The van der Waals surface area contributed by atoms with Crippen LogP contribution in [0.4, 0.5) is 0 Å². The second-order valence-electron chi connectivity index (χ2n) is 2.44. The molecule has 2 rings (SSSR count). The molecule has 0 aliphatic heterocycles. The van der Waals surface area contributed by atoms with Gasteiger partial charge in [-0.25, -0.2) is 4.98 Å². The molecule has 0 atom stereocenters. The van der Waals surface area contributed by atoms with Gasteiger partial charge in [-0.05, 0) is 28.1 Å². The van der Waals surface area contributed by atoms with Crippen LogP contribution in [0.25, 0.3) is 5.65 Å². The lowest BCUT2D eigenvalue weighted by atomic mass is 10.4. The molecule has 0 saturated heterocycles. The summed E-state index contributed by atoms with van der Waals surface area (Å²) in [5.41, 5.74) is 1.03. The van der Waals surface area contributed by atoms with Crippen LogP contribution in [0.2, 0.25) is 5.15 Å².